The number of amidine groups is 1. The van der Waals surface area contributed by atoms with E-state index in [2.05, 4.69) is 50.1 Å². The number of nitrogens with one attached hydrogen (secondary N) is 3. The van der Waals surface area contributed by atoms with Crippen LogP contribution in [0.2, 0.25) is 0 Å². The smallest absolute Gasteiger partial charge is 0.274 e. The lowest BCUT2D eigenvalue weighted by atomic mass is 10.0. The van der Waals surface area contributed by atoms with E-state index in [0.717, 1.165) is 59.7 Å². The van der Waals surface area contributed by atoms with Gasteiger partial charge >= 0.3 is 0 Å². The number of carbonyl (C=O) groups excluding carboxylic acids is 2. The van der Waals surface area contributed by atoms with Crippen molar-refractivity contribution in [1.29, 1.82) is 0 Å². The number of allylic oxidation sites excluding steroid dienone is 1. The third-order valence-corrected chi connectivity index (χ3v) is 6.51. The van der Waals surface area contributed by atoms with Gasteiger partial charge in [-0.15, -0.1) is 0 Å². The summed E-state index contributed by atoms with van der Waals surface area (Å²) in [6.07, 6.45) is 8.51. The minimum absolute atomic E-state index is 0.103. The summed E-state index contributed by atoms with van der Waals surface area (Å²) in [7, 11) is 0. The summed E-state index contributed by atoms with van der Waals surface area (Å²) in [5, 5.41) is 9.26. The number of piperidine rings is 1. The Hall–Kier alpha value is -4.30. The van der Waals surface area contributed by atoms with Crippen LogP contribution in [0.15, 0.2) is 90.2 Å². The molecule has 38 heavy (non-hydrogen) atoms. The molecule has 4 rings (SSSR count). The average molecular weight is 511 g/mol. The maximum absolute atomic E-state index is 12.9. The van der Waals surface area contributed by atoms with Gasteiger partial charge in [-0.05, 0) is 80.8 Å². The molecule has 3 heterocycles. The van der Waals surface area contributed by atoms with Crippen molar-refractivity contribution in [3.63, 3.8) is 0 Å². The lowest BCUT2D eigenvalue weighted by Gasteiger charge is -2.33. The minimum atomic E-state index is -0.264. The number of carbonyl (C=O) groups is 2. The number of nitrogens with zero attached hydrogens (tertiary/aromatic N) is 3. The quantitative estimate of drug-likeness (QED) is 0.457. The Morgan fingerprint density at radius 2 is 2.00 bits per heavy atom. The van der Waals surface area contributed by atoms with Gasteiger partial charge in [-0.25, -0.2) is 4.99 Å². The summed E-state index contributed by atoms with van der Waals surface area (Å²) in [4.78, 5) is 35.5. The number of anilines is 1. The fourth-order valence-corrected chi connectivity index (χ4v) is 4.63. The van der Waals surface area contributed by atoms with E-state index in [4.69, 9.17) is 0 Å². The highest BCUT2D eigenvalue weighted by Gasteiger charge is 2.21. The fraction of sp³-hybridized carbons (Fsp3) is 0.267. The predicted molar refractivity (Wildman–Crippen MR) is 152 cm³/mol. The van der Waals surface area contributed by atoms with Gasteiger partial charge in [0.2, 0.25) is 5.91 Å². The van der Waals surface area contributed by atoms with Crippen molar-refractivity contribution in [2.24, 2.45) is 4.99 Å². The molecule has 0 aliphatic carbocycles. The second-order valence-electron chi connectivity index (χ2n) is 9.62. The predicted octanol–water partition coefficient (Wildman–Crippen LogP) is 4.42. The number of amides is 2. The largest absolute Gasteiger partial charge is 0.349 e. The molecule has 3 N–H and O–H groups in total. The summed E-state index contributed by atoms with van der Waals surface area (Å²) in [6.45, 7) is 13.7. The van der Waals surface area contributed by atoms with Crippen molar-refractivity contribution < 1.29 is 9.59 Å². The molecule has 196 valence electrons. The number of aromatic nitrogens is 1. The lowest BCUT2D eigenvalue weighted by Crippen LogP contribution is -2.46. The summed E-state index contributed by atoms with van der Waals surface area (Å²) in [5.74, 6) is 0.368. The topological polar surface area (TPSA) is 98.7 Å². The zero-order valence-electron chi connectivity index (χ0n) is 22.0. The van der Waals surface area contributed by atoms with E-state index in [1.807, 2.05) is 50.2 Å². The molecule has 0 saturated carbocycles. The number of aliphatic imine (C=N–C) groups is 1. The Morgan fingerprint density at radius 1 is 1.21 bits per heavy atom. The third kappa shape index (κ3) is 6.72. The molecule has 1 aromatic carbocycles. The fourth-order valence-electron chi connectivity index (χ4n) is 4.63. The minimum Gasteiger partial charge on any atom is -0.349 e. The normalized spacial score (nSPS) is 18.4. The molecule has 0 bridgehead atoms. The van der Waals surface area contributed by atoms with Crippen LogP contribution in [0.25, 0.3) is 5.70 Å². The molecule has 1 aromatic heterocycles. The van der Waals surface area contributed by atoms with Gasteiger partial charge in [0.15, 0.2) is 0 Å². The Bertz CT molecular complexity index is 1320. The van der Waals surface area contributed by atoms with Gasteiger partial charge in [0.05, 0.1) is 0 Å². The van der Waals surface area contributed by atoms with Crippen molar-refractivity contribution in [2.75, 3.05) is 18.4 Å². The zero-order chi connectivity index (χ0) is 27.1. The summed E-state index contributed by atoms with van der Waals surface area (Å²) in [5.41, 5.74) is 6.18. The van der Waals surface area contributed by atoms with Crippen LogP contribution in [-0.4, -0.2) is 46.7 Å². The molecule has 2 aromatic rings. The van der Waals surface area contributed by atoms with Crippen LogP contribution in [0.4, 0.5) is 5.69 Å². The van der Waals surface area contributed by atoms with Crippen LogP contribution in [0.5, 0.6) is 0 Å². The summed E-state index contributed by atoms with van der Waals surface area (Å²) in [6, 6.07) is 11.5. The van der Waals surface area contributed by atoms with E-state index < -0.39 is 0 Å². The number of hydrogen-bond donors (Lipinski definition) is 3. The molecule has 1 fully saturated rings. The monoisotopic (exact) mass is 510 g/mol. The van der Waals surface area contributed by atoms with Gasteiger partial charge in [-0.3, -0.25) is 19.5 Å². The van der Waals surface area contributed by atoms with Crippen LogP contribution in [0, 0.1) is 0 Å². The van der Waals surface area contributed by atoms with Crippen LogP contribution >= 0.6 is 0 Å². The third-order valence-electron chi connectivity index (χ3n) is 6.51. The standard InChI is InChI=1S/C30H34N6O2/c1-5-28(37)33-24-8-7-15-36(19-24)18-21-13-14-32-27(16-21)30(38)34-23-11-9-22(10-12-23)26-17-25(20(3)4)29(35-26)31-6-2/h5-6,9-14,16-17,24H,1-2,7-8,15,18-19H2,3-4H3,(H,31,35)(H,33,37)(H,34,38). The molecular formula is C30H34N6O2. The molecule has 0 spiro atoms. The number of hydrogen-bond acceptors (Lipinski definition) is 5. The highest BCUT2D eigenvalue weighted by atomic mass is 16.2. The van der Waals surface area contributed by atoms with Crippen LogP contribution < -0.4 is 16.0 Å². The molecular weight excluding hydrogens is 476 g/mol. The van der Waals surface area contributed by atoms with Gasteiger partial charge in [-0.2, -0.15) is 0 Å². The molecule has 1 saturated heterocycles. The van der Waals surface area contributed by atoms with Gasteiger partial charge in [0.25, 0.3) is 5.91 Å². The number of rotatable bonds is 8. The molecule has 1 unspecified atom stereocenters. The Labute approximate surface area is 223 Å². The van der Waals surface area contributed by atoms with Crippen LogP contribution in [0.1, 0.15) is 48.3 Å². The first-order valence-corrected chi connectivity index (χ1v) is 12.7. The molecule has 2 aliphatic rings. The highest BCUT2D eigenvalue weighted by molar-refractivity contribution is 6.12. The van der Waals surface area contributed by atoms with Gasteiger partial charge in [0.1, 0.15) is 11.5 Å². The van der Waals surface area contributed by atoms with Gasteiger partial charge < -0.3 is 16.0 Å². The van der Waals surface area contributed by atoms with Crippen LogP contribution in [-0.2, 0) is 11.3 Å². The Kier molecular flexibility index (Phi) is 8.66. The maximum Gasteiger partial charge on any atom is 0.274 e. The summed E-state index contributed by atoms with van der Waals surface area (Å²) >= 11 is 0. The van der Waals surface area contributed by atoms with Crippen molar-refractivity contribution in [3.8, 4) is 0 Å². The average Bonchev–Trinajstić information content (AvgIpc) is 3.34. The number of benzene rings is 1. The SMILES string of the molecule is C=C/N=C1/NC(c2ccc(NC(=O)c3cc(CN4CCCC(NC(=O)C=C)C4)ccn3)cc2)=CC1=C(C)C. The van der Waals surface area contributed by atoms with E-state index in [9.17, 15) is 9.59 Å². The Balaban J connectivity index is 1.38. The number of pyridine rings is 1. The first-order valence-electron chi connectivity index (χ1n) is 12.7. The number of likely N-dealkylation sites (tertiary alicyclic amines) is 1. The van der Waals surface area contributed by atoms with Crippen molar-refractivity contribution in [2.45, 2.75) is 39.3 Å². The van der Waals surface area contributed by atoms with Crippen molar-refractivity contribution in [1.82, 2.24) is 20.5 Å². The first kappa shape index (κ1) is 26.8. The van der Waals surface area contributed by atoms with E-state index >= 15 is 0 Å². The molecule has 0 radical (unpaired) electrons. The van der Waals surface area contributed by atoms with E-state index in [1.54, 1.807) is 6.20 Å². The van der Waals surface area contributed by atoms with E-state index in [0.29, 0.717) is 17.9 Å². The second-order valence-corrected chi connectivity index (χ2v) is 9.62. The van der Waals surface area contributed by atoms with E-state index in [1.165, 1.54) is 12.3 Å². The molecule has 8 heteroatoms. The first-order chi connectivity index (χ1) is 18.4. The second kappa shape index (κ2) is 12.3. The van der Waals surface area contributed by atoms with Crippen LogP contribution in [0.3, 0.4) is 0 Å². The molecule has 2 aliphatic heterocycles. The lowest BCUT2D eigenvalue weighted by molar-refractivity contribution is -0.117. The summed E-state index contributed by atoms with van der Waals surface area (Å²) < 4.78 is 0. The van der Waals surface area contributed by atoms with Gasteiger partial charge in [0, 0.05) is 48.5 Å². The van der Waals surface area contributed by atoms with Crippen molar-refractivity contribution >= 4 is 29.0 Å². The van der Waals surface area contributed by atoms with E-state index in [-0.39, 0.29) is 17.9 Å². The molecule has 1 atom stereocenters. The Morgan fingerprint density at radius 3 is 2.71 bits per heavy atom. The molecule has 8 nitrogen and oxygen atoms in total. The zero-order valence-corrected chi connectivity index (χ0v) is 22.0. The highest BCUT2D eigenvalue weighted by Crippen LogP contribution is 2.25. The molecule has 2 amide bonds. The van der Waals surface area contributed by atoms with Gasteiger partial charge in [-0.1, -0.05) is 30.9 Å². The maximum atomic E-state index is 12.9. The van der Waals surface area contributed by atoms with Crippen molar-refractivity contribution in [3.05, 3.63) is 102 Å².